The number of unbranched alkanes of at least 4 members (excludes halogenated alkanes) is 4. The van der Waals surface area contributed by atoms with Crippen LogP contribution in [0.4, 0.5) is 0 Å². The summed E-state index contributed by atoms with van der Waals surface area (Å²) in [6.07, 6.45) is 11.5. The summed E-state index contributed by atoms with van der Waals surface area (Å²) in [5, 5.41) is 8.95. The van der Waals surface area contributed by atoms with E-state index in [1.165, 1.54) is 31.3 Å². The van der Waals surface area contributed by atoms with Gasteiger partial charge in [0.1, 0.15) is 0 Å². The zero-order chi connectivity index (χ0) is 17.6. The molecule has 0 saturated carbocycles. The average molecular weight is 325 g/mol. The van der Waals surface area contributed by atoms with Gasteiger partial charge in [-0.25, -0.2) is 0 Å². The SMILES string of the molecule is CCCCCCCC(=CCC#N)C(CCC)C(OC)(OC)OC. The number of nitriles is 1. The van der Waals surface area contributed by atoms with Gasteiger partial charge in [0.15, 0.2) is 0 Å². The van der Waals surface area contributed by atoms with Gasteiger partial charge in [-0.15, -0.1) is 0 Å². The van der Waals surface area contributed by atoms with Gasteiger partial charge in [0.05, 0.1) is 18.4 Å². The van der Waals surface area contributed by atoms with E-state index in [4.69, 9.17) is 19.5 Å². The molecule has 1 unspecified atom stereocenters. The van der Waals surface area contributed by atoms with Crippen molar-refractivity contribution in [2.75, 3.05) is 21.3 Å². The van der Waals surface area contributed by atoms with Gasteiger partial charge in [-0.05, 0) is 19.3 Å². The molecule has 4 nitrogen and oxygen atoms in total. The van der Waals surface area contributed by atoms with Gasteiger partial charge in [0, 0.05) is 21.3 Å². The van der Waals surface area contributed by atoms with Crippen LogP contribution in [0.5, 0.6) is 0 Å². The number of nitrogens with zero attached hydrogens (tertiary/aromatic N) is 1. The van der Waals surface area contributed by atoms with Gasteiger partial charge in [0.2, 0.25) is 0 Å². The summed E-state index contributed by atoms with van der Waals surface area (Å²) in [4.78, 5) is 0. The standard InChI is InChI=1S/C19H35NO3/c1-6-8-9-10-11-14-17(15-12-16-20)18(13-7-2)19(21-3,22-4)23-5/h15,18H,6-14H2,1-5H3. The van der Waals surface area contributed by atoms with Gasteiger partial charge in [0.25, 0.3) is 5.97 Å². The number of rotatable bonds is 14. The maximum atomic E-state index is 8.95. The minimum absolute atomic E-state index is 0.00650. The second-order valence-corrected chi connectivity index (χ2v) is 5.86. The van der Waals surface area contributed by atoms with Crippen LogP contribution in [0.2, 0.25) is 0 Å². The van der Waals surface area contributed by atoms with Gasteiger partial charge in [-0.1, -0.05) is 57.6 Å². The zero-order valence-corrected chi connectivity index (χ0v) is 15.7. The molecule has 0 N–H and O–H groups in total. The summed E-state index contributed by atoms with van der Waals surface area (Å²) in [7, 11) is 4.83. The first-order valence-electron chi connectivity index (χ1n) is 8.86. The molecule has 0 bridgehead atoms. The van der Waals surface area contributed by atoms with Crippen LogP contribution in [0.1, 0.15) is 71.6 Å². The van der Waals surface area contributed by atoms with Crippen molar-refractivity contribution in [1.29, 1.82) is 5.26 Å². The normalized spacial score (nSPS) is 13.8. The Morgan fingerprint density at radius 2 is 1.61 bits per heavy atom. The number of ether oxygens (including phenoxy) is 3. The molecule has 0 heterocycles. The molecule has 134 valence electrons. The smallest absolute Gasteiger partial charge is 0.289 e. The molecular formula is C19H35NO3. The van der Waals surface area contributed by atoms with E-state index in [1.54, 1.807) is 21.3 Å². The number of allylic oxidation sites excluding steroid dienone is 1. The third kappa shape index (κ3) is 7.48. The molecule has 1 atom stereocenters. The molecule has 0 aromatic carbocycles. The van der Waals surface area contributed by atoms with Crippen molar-refractivity contribution in [3.63, 3.8) is 0 Å². The van der Waals surface area contributed by atoms with Crippen molar-refractivity contribution in [3.8, 4) is 6.07 Å². The van der Waals surface area contributed by atoms with Crippen molar-refractivity contribution in [3.05, 3.63) is 11.6 Å². The van der Waals surface area contributed by atoms with E-state index in [-0.39, 0.29) is 5.92 Å². The molecule has 0 amide bonds. The third-order valence-corrected chi connectivity index (χ3v) is 4.33. The predicted molar refractivity (Wildman–Crippen MR) is 93.8 cm³/mol. The van der Waals surface area contributed by atoms with Crippen molar-refractivity contribution in [2.24, 2.45) is 5.92 Å². The molecule has 0 radical (unpaired) electrons. The van der Waals surface area contributed by atoms with Crippen molar-refractivity contribution in [2.45, 2.75) is 77.6 Å². The van der Waals surface area contributed by atoms with Gasteiger partial charge in [-0.3, -0.25) is 0 Å². The number of hydrogen-bond donors (Lipinski definition) is 0. The maximum absolute atomic E-state index is 8.95. The lowest BCUT2D eigenvalue weighted by molar-refractivity contribution is -0.374. The van der Waals surface area contributed by atoms with Crippen molar-refractivity contribution in [1.82, 2.24) is 0 Å². The first kappa shape index (κ1) is 22.1. The highest BCUT2D eigenvalue weighted by molar-refractivity contribution is 5.12. The van der Waals surface area contributed by atoms with E-state index < -0.39 is 5.97 Å². The largest absolute Gasteiger partial charge is 0.330 e. The molecule has 0 aliphatic carbocycles. The molecule has 0 aliphatic heterocycles. The summed E-state index contributed by atoms with van der Waals surface area (Å²) in [6.45, 7) is 4.36. The average Bonchev–Trinajstić information content (AvgIpc) is 2.58. The third-order valence-electron chi connectivity index (χ3n) is 4.33. The molecule has 0 saturated heterocycles. The first-order valence-corrected chi connectivity index (χ1v) is 8.86. The second-order valence-electron chi connectivity index (χ2n) is 5.86. The Bertz CT molecular complexity index is 348. The van der Waals surface area contributed by atoms with Crippen molar-refractivity contribution >= 4 is 0 Å². The molecule has 4 heteroatoms. The highest BCUT2D eigenvalue weighted by atomic mass is 16.9. The van der Waals surface area contributed by atoms with Crippen LogP contribution in [0, 0.1) is 17.2 Å². The molecule has 0 fully saturated rings. The van der Waals surface area contributed by atoms with Crippen LogP contribution in [0.3, 0.4) is 0 Å². The summed E-state index contributed by atoms with van der Waals surface area (Å²) >= 11 is 0. The zero-order valence-electron chi connectivity index (χ0n) is 15.7. The summed E-state index contributed by atoms with van der Waals surface area (Å²) in [5.41, 5.74) is 1.22. The fraction of sp³-hybridized carbons (Fsp3) is 0.842. The molecule has 0 aromatic heterocycles. The fourth-order valence-corrected chi connectivity index (χ4v) is 3.08. The van der Waals surface area contributed by atoms with Crippen molar-refractivity contribution < 1.29 is 14.2 Å². The van der Waals surface area contributed by atoms with E-state index >= 15 is 0 Å². The van der Waals surface area contributed by atoms with E-state index in [1.807, 2.05) is 6.08 Å². The fourth-order valence-electron chi connectivity index (χ4n) is 3.08. The van der Waals surface area contributed by atoms with E-state index in [9.17, 15) is 0 Å². The van der Waals surface area contributed by atoms with E-state index in [0.717, 1.165) is 25.7 Å². The Hall–Kier alpha value is -0.890. The summed E-state index contributed by atoms with van der Waals surface area (Å²) in [6, 6.07) is 2.21. The van der Waals surface area contributed by atoms with Crippen LogP contribution in [-0.4, -0.2) is 27.3 Å². The highest BCUT2D eigenvalue weighted by Gasteiger charge is 2.41. The molecule has 0 aliphatic rings. The number of methoxy groups -OCH3 is 3. The molecule has 23 heavy (non-hydrogen) atoms. The molecule has 0 spiro atoms. The second kappa shape index (κ2) is 13.5. The lowest BCUT2D eigenvalue weighted by atomic mass is 9.87. The minimum Gasteiger partial charge on any atom is -0.330 e. The van der Waals surface area contributed by atoms with Gasteiger partial charge in [-0.2, -0.15) is 5.26 Å². The van der Waals surface area contributed by atoms with Gasteiger partial charge >= 0.3 is 0 Å². The van der Waals surface area contributed by atoms with Crippen LogP contribution in [0.25, 0.3) is 0 Å². The Labute approximate surface area is 142 Å². The monoisotopic (exact) mass is 325 g/mol. The molecular weight excluding hydrogens is 290 g/mol. The van der Waals surface area contributed by atoms with Crippen LogP contribution < -0.4 is 0 Å². The minimum atomic E-state index is -1.07. The van der Waals surface area contributed by atoms with Crippen LogP contribution in [0.15, 0.2) is 11.6 Å². The quantitative estimate of drug-likeness (QED) is 0.250. The summed E-state index contributed by atoms with van der Waals surface area (Å²) < 4.78 is 16.8. The van der Waals surface area contributed by atoms with E-state index in [2.05, 4.69) is 19.9 Å². The Balaban J connectivity index is 5.14. The lowest BCUT2D eigenvalue weighted by Gasteiger charge is -2.38. The van der Waals surface area contributed by atoms with E-state index in [0.29, 0.717) is 6.42 Å². The summed E-state index contributed by atoms with van der Waals surface area (Å²) in [5.74, 6) is -1.06. The Morgan fingerprint density at radius 1 is 1.00 bits per heavy atom. The Kier molecular flexibility index (Phi) is 13.0. The predicted octanol–water partition coefficient (Wildman–Crippen LogP) is 5.20. The maximum Gasteiger partial charge on any atom is 0.289 e. The lowest BCUT2D eigenvalue weighted by Crippen LogP contribution is -2.45. The van der Waals surface area contributed by atoms with Gasteiger partial charge < -0.3 is 14.2 Å². The van der Waals surface area contributed by atoms with Crippen LogP contribution in [-0.2, 0) is 14.2 Å². The molecule has 0 rings (SSSR count). The molecule has 0 aromatic rings. The highest BCUT2D eigenvalue weighted by Crippen LogP contribution is 2.36. The topological polar surface area (TPSA) is 51.5 Å². The number of hydrogen-bond acceptors (Lipinski definition) is 4. The first-order chi connectivity index (χ1) is 11.2. The Morgan fingerprint density at radius 3 is 2.09 bits per heavy atom. The van der Waals surface area contributed by atoms with Crippen LogP contribution >= 0.6 is 0 Å².